The maximum atomic E-state index is 11.6. The number of nitrogens with zero attached hydrogens (tertiary/aromatic N) is 6. The summed E-state index contributed by atoms with van der Waals surface area (Å²) in [5.74, 6) is 1.70. The van der Waals surface area contributed by atoms with Crippen LogP contribution >= 0.6 is 0 Å². The third-order valence-electron chi connectivity index (χ3n) is 6.95. The Hall–Kier alpha value is -4.66. The minimum Gasteiger partial charge on any atom is -0.323 e. The number of aromatic nitrogens is 6. The van der Waals surface area contributed by atoms with Gasteiger partial charge < -0.3 is 4.57 Å². The molecule has 0 spiro atoms. The fourth-order valence-electron chi connectivity index (χ4n) is 4.92. The number of hydrogen-bond donors (Lipinski definition) is 2. The quantitative estimate of drug-likeness (QED) is 0.312. The summed E-state index contributed by atoms with van der Waals surface area (Å²) in [7, 11) is 0. The van der Waals surface area contributed by atoms with Crippen molar-refractivity contribution < 1.29 is 4.79 Å². The highest BCUT2D eigenvalue weighted by Gasteiger charge is 2.17. The van der Waals surface area contributed by atoms with Crippen LogP contribution in [-0.4, -0.2) is 41.8 Å². The summed E-state index contributed by atoms with van der Waals surface area (Å²) in [6, 6.07) is 23.0. The Labute approximate surface area is 220 Å². The van der Waals surface area contributed by atoms with Crippen LogP contribution in [0.5, 0.6) is 0 Å². The van der Waals surface area contributed by atoms with Gasteiger partial charge in [0.05, 0.1) is 16.7 Å². The van der Waals surface area contributed by atoms with Crippen LogP contribution in [-0.2, 0) is 17.8 Å². The highest BCUT2D eigenvalue weighted by molar-refractivity contribution is 6.05. The van der Waals surface area contributed by atoms with Gasteiger partial charge in [0.1, 0.15) is 5.82 Å². The van der Waals surface area contributed by atoms with Crippen LogP contribution in [0.2, 0.25) is 0 Å². The van der Waals surface area contributed by atoms with Gasteiger partial charge in [-0.1, -0.05) is 67.9 Å². The number of unbranched alkanes of at least 4 members (excludes halogenated alkanes) is 1. The van der Waals surface area contributed by atoms with Crippen molar-refractivity contribution in [2.24, 2.45) is 5.10 Å². The number of nitrogens with one attached hydrogen (secondary N) is 2. The van der Waals surface area contributed by atoms with Crippen molar-refractivity contribution in [1.29, 1.82) is 0 Å². The molecule has 2 aromatic heterocycles. The SMILES string of the molecule is CCCCc1nc2ccc(C3=NNC(=O)CC3)cc2n1Cc1ccc(-c2ccccc2-c2nnn[nH]2)cc1. The van der Waals surface area contributed by atoms with E-state index in [1.807, 2.05) is 18.2 Å². The van der Waals surface area contributed by atoms with Crippen LogP contribution in [0.4, 0.5) is 0 Å². The van der Waals surface area contributed by atoms with E-state index in [2.05, 4.69) is 91.2 Å². The van der Waals surface area contributed by atoms with Crippen molar-refractivity contribution in [2.45, 2.75) is 45.6 Å². The normalized spacial score (nSPS) is 13.5. The molecule has 38 heavy (non-hydrogen) atoms. The maximum absolute atomic E-state index is 11.6. The number of carbonyl (C=O) groups is 1. The zero-order valence-corrected chi connectivity index (χ0v) is 21.2. The molecule has 9 nitrogen and oxygen atoms in total. The molecule has 0 fully saturated rings. The zero-order chi connectivity index (χ0) is 25.9. The van der Waals surface area contributed by atoms with E-state index in [0.717, 1.165) is 70.6 Å². The summed E-state index contributed by atoms with van der Waals surface area (Å²) in [5.41, 5.74) is 10.9. The first-order valence-corrected chi connectivity index (χ1v) is 13.0. The molecule has 1 aliphatic heterocycles. The molecule has 1 amide bonds. The van der Waals surface area contributed by atoms with Crippen molar-refractivity contribution in [3.05, 3.63) is 83.7 Å². The second kappa shape index (κ2) is 10.4. The molecule has 3 aromatic carbocycles. The largest absolute Gasteiger partial charge is 0.323 e. The fraction of sp³-hybridized carbons (Fsp3) is 0.241. The first-order chi connectivity index (χ1) is 18.7. The van der Waals surface area contributed by atoms with Crippen LogP contribution in [0.15, 0.2) is 71.8 Å². The molecular formula is C29H28N8O. The molecule has 3 heterocycles. The lowest BCUT2D eigenvalue weighted by atomic mass is 9.98. The van der Waals surface area contributed by atoms with Gasteiger partial charge in [0, 0.05) is 31.4 Å². The number of imidazole rings is 1. The van der Waals surface area contributed by atoms with Gasteiger partial charge in [-0.25, -0.2) is 15.5 Å². The molecule has 0 bridgehead atoms. The number of hydrazone groups is 1. The van der Waals surface area contributed by atoms with E-state index in [1.54, 1.807) is 0 Å². The Morgan fingerprint density at radius 1 is 0.947 bits per heavy atom. The fourth-order valence-corrected chi connectivity index (χ4v) is 4.92. The van der Waals surface area contributed by atoms with Crippen molar-refractivity contribution in [3.63, 3.8) is 0 Å². The summed E-state index contributed by atoms with van der Waals surface area (Å²) >= 11 is 0. The predicted molar refractivity (Wildman–Crippen MR) is 146 cm³/mol. The molecular weight excluding hydrogens is 476 g/mol. The number of fused-ring (bicyclic) bond motifs is 1. The summed E-state index contributed by atoms with van der Waals surface area (Å²) in [5, 5.41) is 18.7. The van der Waals surface area contributed by atoms with E-state index in [4.69, 9.17) is 4.98 Å². The van der Waals surface area contributed by atoms with E-state index in [9.17, 15) is 4.79 Å². The average Bonchev–Trinajstić information content (AvgIpc) is 3.61. The third kappa shape index (κ3) is 4.70. The average molecular weight is 505 g/mol. The first-order valence-electron chi connectivity index (χ1n) is 13.0. The molecule has 6 rings (SSSR count). The van der Waals surface area contributed by atoms with Gasteiger partial charge in [-0.15, -0.1) is 5.10 Å². The highest BCUT2D eigenvalue weighted by atomic mass is 16.2. The van der Waals surface area contributed by atoms with Crippen molar-refractivity contribution in [1.82, 2.24) is 35.6 Å². The lowest BCUT2D eigenvalue weighted by Gasteiger charge is -2.14. The predicted octanol–water partition coefficient (Wildman–Crippen LogP) is 4.89. The van der Waals surface area contributed by atoms with Gasteiger partial charge in [0.2, 0.25) is 5.91 Å². The monoisotopic (exact) mass is 504 g/mol. The molecule has 190 valence electrons. The van der Waals surface area contributed by atoms with Gasteiger partial charge in [0.25, 0.3) is 0 Å². The Bertz CT molecular complexity index is 1620. The van der Waals surface area contributed by atoms with Crippen LogP contribution in [0, 0.1) is 0 Å². The van der Waals surface area contributed by atoms with Gasteiger partial charge >= 0.3 is 0 Å². The van der Waals surface area contributed by atoms with Gasteiger partial charge in [-0.3, -0.25) is 4.79 Å². The summed E-state index contributed by atoms with van der Waals surface area (Å²) in [6.45, 7) is 2.92. The summed E-state index contributed by atoms with van der Waals surface area (Å²) < 4.78 is 2.32. The molecule has 5 aromatic rings. The Morgan fingerprint density at radius 3 is 2.50 bits per heavy atom. The first kappa shape index (κ1) is 23.7. The number of rotatable bonds is 8. The number of tetrazole rings is 1. The van der Waals surface area contributed by atoms with E-state index in [1.165, 1.54) is 5.56 Å². The van der Waals surface area contributed by atoms with E-state index >= 15 is 0 Å². The molecule has 0 radical (unpaired) electrons. The number of aryl methyl sites for hydroxylation is 1. The molecule has 0 atom stereocenters. The number of carbonyl (C=O) groups excluding carboxylic acids is 1. The third-order valence-corrected chi connectivity index (χ3v) is 6.95. The van der Waals surface area contributed by atoms with Crippen LogP contribution in [0.3, 0.4) is 0 Å². The molecule has 2 N–H and O–H groups in total. The van der Waals surface area contributed by atoms with Crippen molar-refractivity contribution in [2.75, 3.05) is 0 Å². The second-order valence-corrected chi connectivity index (χ2v) is 9.51. The number of benzene rings is 3. The van der Waals surface area contributed by atoms with E-state index in [0.29, 0.717) is 18.7 Å². The van der Waals surface area contributed by atoms with Crippen LogP contribution in [0.25, 0.3) is 33.5 Å². The van der Waals surface area contributed by atoms with E-state index < -0.39 is 0 Å². The summed E-state index contributed by atoms with van der Waals surface area (Å²) in [6.07, 6.45) is 4.22. The number of amides is 1. The summed E-state index contributed by atoms with van der Waals surface area (Å²) in [4.78, 5) is 16.5. The van der Waals surface area contributed by atoms with E-state index in [-0.39, 0.29) is 5.91 Å². The van der Waals surface area contributed by atoms with Gasteiger partial charge in [0.15, 0.2) is 5.82 Å². The molecule has 0 unspecified atom stereocenters. The van der Waals surface area contributed by atoms with Gasteiger partial charge in [-0.05, 0) is 51.2 Å². The van der Waals surface area contributed by atoms with Crippen LogP contribution in [0.1, 0.15) is 49.6 Å². The Morgan fingerprint density at radius 2 is 1.76 bits per heavy atom. The molecule has 0 aliphatic carbocycles. The highest BCUT2D eigenvalue weighted by Crippen LogP contribution is 2.30. The topological polar surface area (TPSA) is 114 Å². The van der Waals surface area contributed by atoms with Gasteiger partial charge in [-0.2, -0.15) is 5.10 Å². The smallest absolute Gasteiger partial charge is 0.240 e. The second-order valence-electron chi connectivity index (χ2n) is 9.51. The lowest BCUT2D eigenvalue weighted by molar-refractivity contribution is -0.121. The zero-order valence-electron chi connectivity index (χ0n) is 21.2. The maximum Gasteiger partial charge on any atom is 0.240 e. The Kier molecular flexibility index (Phi) is 6.47. The lowest BCUT2D eigenvalue weighted by Crippen LogP contribution is -2.25. The number of aromatic amines is 1. The standard InChI is InChI=1S/C29H28N8O/c1-2-3-8-27-30-25-14-13-21(24-15-16-28(38)32-31-24)17-26(25)37(27)18-19-9-11-20(12-10-19)22-6-4-5-7-23(22)29-33-35-36-34-29/h4-7,9-14,17H,2-3,8,15-16,18H2,1H3,(H,32,38)(H,33,34,35,36). The number of hydrogen-bond acceptors (Lipinski definition) is 6. The number of H-pyrrole nitrogens is 1. The molecule has 9 heteroatoms. The molecule has 1 aliphatic rings. The minimum atomic E-state index is -0.0368. The Balaban J connectivity index is 1.34. The van der Waals surface area contributed by atoms with Crippen LogP contribution < -0.4 is 5.43 Å². The van der Waals surface area contributed by atoms with Crippen molar-refractivity contribution in [3.8, 4) is 22.5 Å². The molecule has 0 saturated carbocycles. The van der Waals surface area contributed by atoms with Crippen molar-refractivity contribution >= 4 is 22.7 Å². The minimum absolute atomic E-state index is 0.0368. The molecule has 0 saturated heterocycles.